The van der Waals surface area contributed by atoms with Gasteiger partial charge in [0.25, 0.3) is 0 Å². The van der Waals surface area contributed by atoms with Crippen LogP contribution in [0.1, 0.15) is 37.2 Å². The predicted molar refractivity (Wildman–Crippen MR) is 71.6 cm³/mol. The zero-order valence-electron chi connectivity index (χ0n) is 10.9. The summed E-state index contributed by atoms with van der Waals surface area (Å²) in [4.78, 5) is 8.50. The van der Waals surface area contributed by atoms with Crippen molar-refractivity contribution in [3.05, 3.63) is 16.0 Å². The molecule has 1 aromatic heterocycles. The number of rotatable bonds is 6. The van der Waals surface area contributed by atoms with Crippen LogP contribution in [0.3, 0.4) is 0 Å². The maximum Gasteiger partial charge on any atom is 0.411 e. The number of nitrogens with zero attached hydrogens (tertiary/aromatic N) is 2. The molecule has 0 atom stereocenters. The van der Waals surface area contributed by atoms with Crippen molar-refractivity contribution in [2.24, 2.45) is 0 Å². The van der Waals surface area contributed by atoms with Crippen LogP contribution in [-0.2, 0) is 11.3 Å². The van der Waals surface area contributed by atoms with Crippen LogP contribution < -0.4 is 5.32 Å². The highest BCUT2D eigenvalue weighted by atomic mass is 79.9. The van der Waals surface area contributed by atoms with Gasteiger partial charge in [-0.1, -0.05) is 0 Å². The minimum atomic E-state index is -4.33. The molecule has 1 heterocycles. The Morgan fingerprint density at radius 3 is 2.60 bits per heavy atom. The second kappa shape index (κ2) is 6.26. The summed E-state index contributed by atoms with van der Waals surface area (Å²) in [6.07, 6.45) is -2.24. The third kappa shape index (κ3) is 4.31. The highest BCUT2D eigenvalue weighted by Gasteiger charge is 2.30. The molecule has 0 amide bonds. The second-order valence-corrected chi connectivity index (χ2v) is 5.39. The Kier molecular flexibility index (Phi) is 4.85. The molecule has 1 aliphatic carbocycles. The van der Waals surface area contributed by atoms with Gasteiger partial charge in [-0.3, -0.25) is 0 Å². The second-order valence-electron chi connectivity index (χ2n) is 4.60. The first kappa shape index (κ1) is 15.5. The lowest BCUT2D eigenvalue weighted by Crippen LogP contribution is -2.18. The molecule has 20 heavy (non-hydrogen) atoms. The van der Waals surface area contributed by atoms with Gasteiger partial charge in [0.1, 0.15) is 19.0 Å². The summed E-state index contributed by atoms with van der Waals surface area (Å²) in [5, 5.41) is 3.07. The number of halogens is 4. The molecule has 1 N–H and O–H groups in total. The minimum absolute atomic E-state index is 0.245. The number of anilines is 1. The topological polar surface area (TPSA) is 47.0 Å². The summed E-state index contributed by atoms with van der Waals surface area (Å²) in [5.41, 5.74) is 0.849. The molecule has 1 saturated carbocycles. The van der Waals surface area contributed by atoms with Crippen LogP contribution in [0.4, 0.5) is 19.0 Å². The molecule has 8 heteroatoms. The zero-order chi connectivity index (χ0) is 14.8. The molecule has 0 saturated heterocycles. The Labute approximate surface area is 123 Å². The number of hydrogen-bond donors (Lipinski definition) is 1. The number of hydrogen-bond acceptors (Lipinski definition) is 4. The van der Waals surface area contributed by atoms with Crippen molar-refractivity contribution >= 4 is 21.7 Å². The summed E-state index contributed by atoms with van der Waals surface area (Å²) >= 11 is 3.45. The van der Waals surface area contributed by atoms with E-state index in [-0.39, 0.29) is 12.4 Å². The van der Waals surface area contributed by atoms with Crippen LogP contribution in [0.5, 0.6) is 0 Å². The largest absolute Gasteiger partial charge is 0.411 e. The summed E-state index contributed by atoms with van der Waals surface area (Å²) < 4.78 is 41.6. The van der Waals surface area contributed by atoms with Crippen LogP contribution in [0.25, 0.3) is 0 Å². The molecule has 1 aliphatic rings. The lowest BCUT2D eigenvalue weighted by Gasteiger charge is -2.12. The lowest BCUT2D eigenvalue weighted by atomic mass is 10.2. The summed E-state index contributed by atoms with van der Waals surface area (Å²) in [5.74, 6) is 1.25. The molecule has 1 fully saturated rings. The van der Waals surface area contributed by atoms with Gasteiger partial charge in [-0.25, -0.2) is 9.97 Å². The van der Waals surface area contributed by atoms with Crippen LogP contribution >= 0.6 is 15.9 Å². The lowest BCUT2D eigenvalue weighted by molar-refractivity contribution is -0.177. The van der Waals surface area contributed by atoms with Crippen molar-refractivity contribution in [3.63, 3.8) is 0 Å². The Hall–Kier alpha value is -0.890. The van der Waals surface area contributed by atoms with Gasteiger partial charge in [-0.05, 0) is 35.7 Å². The summed E-state index contributed by atoms with van der Waals surface area (Å²) in [6.45, 7) is 1.06. The van der Waals surface area contributed by atoms with Crippen molar-refractivity contribution in [1.82, 2.24) is 9.97 Å². The molecule has 4 nitrogen and oxygen atoms in total. The fraction of sp³-hybridized carbons (Fsp3) is 0.667. The maximum absolute atomic E-state index is 12.1. The van der Waals surface area contributed by atoms with E-state index in [2.05, 4.69) is 36.0 Å². The van der Waals surface area contributed by atoms with E-state index in [1.165, 1.54) is 0 Å². The van der Waals surface area contributed by atoms with Crippen LogP contribution in [0, 0.1) is 0 Å². The standard InChI is InChI=1S/C12H15BrF3N3O/c1-2-17-11-9(13)10(7-3-4-7)18-8(19-11)5-20-6-12(14,15)16/h7H,2-6H2,1H3,(H,17,18,19). The summed E-state index contributed by atoms with van der Waals surface area (Å²) in [7, 11) is 0. The van der Waals surface area contributed by atoms with E-state index in [0.717, 1.165) is 23.0 Å². The van der Waals surface area contributed by atoms with Crippen molar-refractivity contribution < 1.29 is 17.9 Å². The first-order valence-corrected chi connectivity index (χ1v) is 7.14. The van der Waals surface area contributed by atoms with Crippen molar-refractivity contribution in [2.45, 2.75) is 38.5 Å². The van der Waals surface area contributed by atoms with Gasteiger partial charge >= 0.3 is 6.18 Å². The van der Waals surface area contributed by atoms with Gasteiger partial charge in [-0.2, -0.15) is 13.2 Å². The Balaban J connectivity index is 2.11. The third-order valence-electron chi connectivity index (χ3n) is 2.73. The number of ether oxygens (including phenoxy) is 1. The van der Waals surface area contributed by atoms with E-state index >= 15 is 0 Å². The van der Waals surface area contributed by atoms with Gasteiger partial charge in [0.2, 0.25) is 0 Å². The Bertz CT molecular complexity index is 478. The van der Waals surface area contributed by atoms with Crippen molar-refractivity contribution in [2.75, 3.05) is 18.5 Å². The van der Waals surface area contributed by atoms with E-state index in [0.29, 0.717) is 18.3 Å². The normalized spacial score (nSPS) is 15.4. The van der Waals surface area contributed by atoms with Gasteiger partial charge < -0.3 is 10.1 Å². The van der Waals surface area contributed by atoms with Crippen LogP contribution in [0.15, 0.2) is 4.47 Å². The van der Waals surface area contributed by atoms with Gasteiger partial charge in [0, 0.05) is 12.5 Å². The Morgan fingerprint density at radius 1 is 1.35 bits per heavy atom. The van der Waals surface area contributed by atoms with Crippen molar-refractivity contribution in [3.8, 4) is 0 Å². The predicted octanol–water partition coefficient (Wildman–Crippen LogP) is 3.63. The van der Waals surface area contributed by atoms with E-state index in [1.54, 1.807) is 0 Å². The van der Waals surface area contributed by atoms with E-state index < -0.39 is 12.8 Å². The maximum atomic E-state index is 12.1. The molecule has 2 rings (SSSR count). The number of nitrogens with one attached hydrogen (secondary N) is 1. The SMILES string of the molecule is CCNc1nc(COCC(F)(F)F)nc(C2CC2)c1Br. The first-order valence-electron chi connectivity index (χ1n) is 6.35. The van der Waals surface area contributed by atoms with Gasteiger partial charge in [-0.15, -0.1) is 0 Å². The van der Waals surface area contributed by atoms with Gasteiger partial charge in [0.05, 0.1) is 10.2 Å². The smallest absolute Gasteiger partial charge is 0.369 e. The monoisotopic (exact) mass is 353 g/mol. The quantitative estimate of drug-likeness (QED) is 0.848. The first-order chi connectivity index (χ1) is 9.40. The molecule has 0 bridgehead atoms. The molecule has 0 aromatic carbocycles. The highest BCUT2D eigenvalue weighted by molar-refractivity contribution is 9.10. The molecule has 1 aromatic rings. The van der Waals surface area contributed by atoms with E-state index in [4.69, 9.17) is 0 Å². The molecule has 0 radical (unpaired) electrons. The minimum Gasteiger partial charge on any atom is -0.369 e. The zero-order valence-corrected chi connectivity index (χ0v) is 12.5. The molecule has 112 valence electrons. The van der Waals surface area contributed by atoms with E-state index in [1.807, 2.05) is 6.92 Å². The average molecular weight is 354 g/mol. The fourth-order valence-corrected chi connectivity index (χ4v) is 2.39. The van der Waals surface area contributed by atoms with Crippen molar-refractivity contribution in [1.29, 1.82) is 0 Å². The molecule has 0 spiro atoms. The van der Waals surface area contributed by atoms with Gasteiger partial charge in [0.15, 0.2) is 5.82 Å². The third-order valence-corrected chi connectivity index (χ3v) is 3.51. The molecular weight excluding hydrogens is 339 g/mol. The van der Waals surface area contributed by atoms with Crippen LogP contribution in [0.2, 0.25) is 0 Å². The molecule has 0 aliphatic heterocycles. The highest BCUT2D eigenvalue weighted by Crippen LogP contribution is 2.43. The van der Waals surface area contributed by atoms with E-state index in [9.17, 15) is 13.2 Å². The average Bonchev–Trinajstić information content (AvgIpc) is 3.15. The molecule has 0 unspecified atom stereocenters. The number of alkyl halides is 3. The Morgan fingerprint density at radius 2 is 2.05 bits per heavy atom. The van der Waals surface area contributed by atoms with Crippen LogP contribution in [-0.4, -0.2) is 29.3 Å². The fourth-order valence-electron chi connectivity index (χ4n) is 1.75. The number of aromatic nitrogens is 2. The molecular formula is C12H15BrF3N3O. The summed E-state index contributed by atoms with van der Waals surface area (Å²) in [6, 6.07) is 0.